The molecule has 3 aliphatic rings. The Morgan fingerprint density at radius 2 is 1.80 bits per heavy atom. The maximum atomic E-state index is 12.5. The van der Waals surface area contributed by atoms with Gasteiger partial charge in [0.25, 0.3) is 5.91 Å². The fraction of sp³-hybridized carbons (Fsp3) is 0.632. The quantitative estimate of drug-likeness (QED) is 0.817. The number of sulfonamides is 1. The molecule has 3 saturated carbocycles. The molecule has 2 N–H and O–H groups in total. The maximum Gasteiger partial charge on any atom is 0.251 e. The lowest BCUT2D eigenvalue weighted by Crippen LogP contribution is -2.40. The summed E-state index contributed by atoms with van der Waals surface area (Å²) in [6.45, 7) is 2.10. The number of amides is 1. The molecule has 3 aliphatic carbocycles. The van der Waals surface area contributed by atoms with Crippen LogP contribution in [0.1, 0.15) is 55.8 Å². The van der Waals surface area contributed by atoms with Gasteiger partial charge in [0, 0.05) is 17.6 Å². The third kappa shape index (κ3) is 3.60. The van der Waals surface area contributed by atoms with Crippen LogP contribution in [0.15, 0.2) is 29.2 Å². The molecule has 3 fully saturated rings. The topological polar surface area (TPSA) is 75.3 Å². The Hall–Kier alpha value is -1.40. The standard InChI is InChI=1S/C19H26N2O3S/c1-12(18-11-13-2-3-15(18)10-13)20-19(22)14-4-8-17(9-5-14)25(23,24)21-16-6-7-16/h4-5,8-9,12-13,15-16,18,21H,2-3,6-7,10-11H2,1H3,(H,20,22). The third-order valence-corrected chi connectivity index (χ3v) is 7.66. The molecular formula is C19H26N2O3S. The Kier molecular flexibility index (Phi) is 4.36. The van der Waals surface area contributed by atoms with Gasteiger partial charge in [-0.1, -0.05) is 6.42 Å². The summed E-state index contributed by atoms with van der Waals surface area (Å²) in [7, 11) is -3.46. The van der Waals surface area contributed by atoms with E-state index >= 15 is 0 Å². The lowest BCUT2D eigenvalue weighted by molar-refractivity contribution is 0.0915. The van der Waals surface area contributed by atoms with E-state index in [1.807, 2.05) is 0 Å². The van der Waals surface area contributed by atoms with Gasteiger partial charge in [-0.25, -0.2) is 13.1 Å². The van der Waals surface area contributed by atoms with E-state index in [1.165, 1.54) is 37.8 Å². The van der Waals surface area contributed by atoms with Crippen LogP contribution in [-0.2, 0) is 10.0 Å². The summed E-state index contributed by atoms with van der Waals surface area (Å²) in [5.41, 5.74) is 0.514. The summed E-state index contributed by atoms with van der Waals surface area (Å²) in [4.78, 5) is 12.7. The molecule has 25 heavy (non-hydrogen) atoms. The zero-order valence-electron chi connectivity index (χ0n) is 14.6. The van der Waals surface area contributed by atoms with Crippen molar-refractivity contribution >= 4 is 15.9 Å². The van der Waals surface area contributed by atoms with Crippen LogP contribution in [0.4, 0.5) is 0 Å². The monoisotopic (exact) mass is 362 g/mol. The first-order valence-electron chi connectivity index (χ1n) is 9.35. The summed E-state index contributed by atoms with van der Waals surface area (Å²) in [5, 5.41) is 3.12. The Labute approximate surface area is 149 Å². The molecule has 0 aromatic heterocycles. The minimum absolute atomic E-state index is 0.0792. The first-order chi connectivity index (χ1) is 11.9. The molecule has 4 unspecified atom stereocenters. The highest BCUT2D eigenvalue weighted by atomic mass is 32.2. The molecule has 5 nitrogen and oxygen atoms in total. The molecule has 0 aliphatic heterocycles. The summed E-state index contributed by atoms with van der Waals surface area (Å²) in [5.74, 6) is 2.10. The number of hydrogen-bond donors (Lipinski definition) is 2. The minimum Gasteiger partial charge on any atom is -0.349 e. The van der Waals surface area contributed by atoms with Crippen molar-refractivity contribution in [2.75, 3.05) is 0 Å². The van der Waals surface area contributed by atoms with Crippen molar-refractivity contribution in [3.8, 4) is 0 Å². The van der Waals surface area contributed by atoms with Gasteiger partial charge in [0.1, 0.15) is 0 Å². The Morgan fingerprint density at radius 1 is 1.08 bits per heavy atom. The lowest BCUT2D eigenvalue weighted by atomic mass is 9.84. The van der Waals surface area contributed by atoms with E-state index in [1.54, 1.807) is 12.1 Å². The fourth-order valence-electron chi connectivity index (χ4n) is 4.58. The maximum absolute atomic E-state index is 12.5. The van der Waals surface area contributed by atoms with Crippen LogP contribution in [-0.4, -0.2) is 26.4 Å². The van der Waals surface area contributed by atoms with Crippen LogP contribution in [0.2, 0.25) is 0 Å². The SMILES string of the molecule is CC(NC(=O)c1ccc(S(=O)(=O)NC2CC2)cc1)C1CC2CCC1C2. The molecule has 0 spiro atoms. The third-order valence-electron chi connectivity index (χ3n) is 6.12. The number of hydrogen-bond acceptors (Lipinski definition) is 3. The average Bonchev–Trinajstić information content (AvgIpc) is 3.13. The van der Waals surface area contributed by atoms with Crippen molar-refractivity contribution < 1.29 is 13.2 Å². The van der Waals surface area contributed by atoms with Crippen LogP contribution in [0, 0.1) is 17.8 Å². The molecule has 0 saturated heterocycles. The summed E-state index contributed by atoms with van der Waals surface area (Å²) >= 11 is 0. The van der Waals surface area contributed by atoms with Gasteiger partial charge in [-0.05, 0) is 81.0 Å². The fourth-order valence-corrected chi connectivity index (χ4v) is 5.88. The second-order valence-electron chi connectivity index (χ2n) is 8.02. The average molecular weight is 362 g/mol. The molecule has 2 bridgehead atoms. The van der Waals surface area contributed by atoms with Crippen molar-refractivity contribution in [1.29, 1.82) is 0 Å². The van der Waals surface area contributed by atoms with Crippen LogP contribution in [0.3, 0.4) is 0 Å². The molecule has 4 atom stereocenters. The molecular weight excluding hydrogens is 336 g/mol. The number of carbonyl (C=O) groups excluding carboxylic acids is 1. The Bertz CT molecular complexity index is 755. The number of nitrogens with one attached hydrogen (secondary N) is 2. The second kappa shape index (κ2) is 6.40. The zero-order chi connectivity index (χ0) is 17.6. The van der Waals surface area contributed by atoms with Gasteiger partial charge >= 0.3 is 0 Å². The number of fused-ring (bicyclic) bond motifs is 2. The zero-order valence-corrected chi connectivity index (χ0v) is 15.4. The molecule has 1 aromatic rings. The van der Waals surface area contributed by atoms with E-state index in [9.17, 15) is 13.2 Å². The lowest BCUT2D eigenvalue weighted by Gasteiger charge is -2.28. The van der Waals surface area contributed by atoms with Crippen molar-refractivity contribution in [3.63, 3.8) is 0 Å². The van der Waals surface area contributed by atoms with E-state index < -0.39 is 10.0 Å². The predicted molar refractivity (Wildman–Crippen MR) is 95.7 cm³/mol. The molecule has 0 radical (unpaired) electrons. The van der Waals surface area contributed by atoms with E-state index in [4.69, 9.17) is 0 Å². The summed E-state index contributed by atoms with van der Waals surface area (Å²) < 4.78 is 27.0. The Morgan fingerprint density at radius 3 is 2.36 bits per heavy atom. The molecule has 1 aromatic carbocycles. The minimum atomic E-state index is -3.46. The van der Waals surface area contributed by atoms with Gasteiger partial charge in [-0.2, -0.15) is 0 Å². The summed E-state index contributed by atoms with van der Waals surface area (Å²) in [6, 6.07) is 6.48. The molecule has 0 heterocycles. The van der Waals surface area contributed by atoms with Crippen molar-refractivity contribution in [2.45, 2.75) is 62.4 Å². The van der Waals surface area contributed by atoms with E-state index in [0.717, 1.165) is 24.7 Å². The van der Waals surface area contributed by atoms with Gasteiger partial charge in [0.15, 0.2) is 0 Å². The normalized spacial score (nSPS) is 29.6. The first kappa shape index (κ1) is 17.0. The van der Waals surface area contributed by atoms with Crippen molar-refractivity contribution in [1.82, 2.24) is 10.0 Å². The Balaban J connectivity index is 1.38. The predicted octanol–water partition coefficient (Wildman–Crippen LogP) is 2.68. The highest BCUT2D eigenvalue weighted by Gasteiger charge is 2.42. The molecule has 136 valence electrons. The van der Waals surface area contributed by atoms with Gasteiger partial charge in [0.2, 0.25) is 10.0 Å². The highest BCUT2D eigenvalue weighted by Crippen LogP contribution is 2.49. The number of benzene rings is 1. The van der Waals surface area contributed by atoms with Crippen LogP contribution in [0.25, 0.3) is 0 Å². The van der Waals surface area contributed by atoms with Crippen LogP contribution < -0.4 is 10.0 Å². The van der Waals surface area contributed by atoms with Crippen molar-refractivity contribution in [3.05, 3.63) is 29.8 Å². The van der Waals surface area contributed by atoms with Gasteiger partial charge in [-0.3, -0.25) is 4.79 Å². The van der Waals surface area contributed by atoms with E-state index in [-0.39, 0.29) is 22.9 Å². The van der Waals surface area contributed by atoms with Crippen molar-refractivity contribution in [2.24, 2.45) is 17.8 Å². The number of rotatable bonds is 6. The summed E-state index contributed by atoms with van der Waals surface area (Å²) in [6.07, 6.45) is 7.02. The first-order valence-corrected chi connectivity index (χ1v) is 10.8. The van der Waals surface area contributed by atoms with Gasteiger partial charge < -0.3 is 5.32 Å². The van der Waals surface area contributed by atoms with Gasteiger partial charge in [0.05, 0.1) is 4.90 Å². The van der Waals surface area contributed by atoms with Crippen LogP contribution in [0.5, 0.6) is 0 Å². The smallest absolute Gasteiger partial charge is 0.251 e. The molecule has 6 heteroatoms. The highest BCUT2D eigenvalue weighted by molar-refractivity contribution is 7.89. The van der Waals surface area contributed by atoms with Gasteiger partial charge in [-0.15, -0.1) is 0 Å². The largest absolute Gasteiger partial charge is 0.349 e. The molecule has 4 rings (SSSR count). The van der Waals surface area contributed by atoms with E-state index in [2.05, 4.69) is 17.0 Å². The number of carbonyl (C=O) groups is 1. The molecule has 1 amide bonds. The van der Waals surface area contributed by atoms with Crippen LogP contribution >= 0.6 is 0 Å². The second-order valence-corrected chi connectivity index (χ2v) is 9.73. The van der Waals surface area contributed by atoms with E-state index in [0.29, 0.717) is 11.5 Å².